The summed E-state index contributed by atoms with van der Waals surface area (Å²) in [4.78, 5) is 0.690. The molecule has 13 heavy (non-hydrogen) atoms. The van der Waals surface area contributed by atoms with Crippen molar-refractivity contribution < 1.29 is 4.86 Å². The van der Waals surface area contributed by atoms with Crippen LogP contribution in [0.4, 0.5) is 5.69 Å². The maximum absolute atomic E-state index is 11.3. The van der Waals surface area contributed by atoms with Crippen molar-refractivity contribution >= 4 is 5.69 Å². The van der Waals surface area contributed by atoms with Gasteiger partial charge in [-0.25, -0.2) is 0 Å². The molecule has 0 fully saturated rings. The second kappa shape index (κ2) is 5.30. The number of hydrogen-bond acceptors (Lipinski definition) is 2. The lowest BCUT2D eigenvalue weighted by atomic mass is 10.3. The van der Waals surface area contributed by atoms with Crippen LogP contribution in [0, 0.1) is 5.21 Å². The Labute approximate surface area is 78.3 Å². The third kappa shape index (κ3) is 3.23. The van der Waals surface area contributed by atoms with Crippen molar-refractivity contribution in [3.63, 3.8) is 0 Å². The van der Waals surface area contributed by atoms with Crippen molar-refractivity contribution in [3.8, 4) is 0 Å². The standard InChI is InChI=1S/C10H14N2O/c1-2-3-9-11-12(13)10-7-5-4-6-8-10/h4-8H,2-3,9H2,1H3. The lowest BCUT2D eigenvalue weighted by Gasteiger charge is -1.98. The van der Waals surface area contributed by atoms with Crippen molar-refractivity contribution in [2.75, 3.05) is 6.54 Å². The summed E-state index contributed by atoms with van der Waals surface area (Å²) in [6.07, 6.45) is 2.03. The highest BCUT2D eigenvalue weighted by Gasteiger charge is 1.98. The zero-order valence-corrected chi connectivity index (χ0v) is 7.81. The summed E-state index contributed by atoms with van der Waals surface area (Å²) >= 11 is 0. The number of unbranched alkanes of at least 4 members (excludes halogenated alkanes) is 1. The minimum Gasteiger partial charge on any atom is -0.594 e. The first-order chi connectivity index (χ1) is 6.34. The highest BCUT2D eigenvalue weighted by molar-refractivity contribution is 5.27. The van der Waals surface area contributed by atoms with Crippen LogP contribution < -0.4 is 0 Å². The summed E-state index contributed by atoms with van der Waals surface area (Å²) in [6, 6.07) is 9.04. The summed E-state index contributed by atoms with van der Waals surface area (Å²) < 4.78 is 0. The predicted molar refractivity (Wildman–Crippen MR) is 51.9 cm³/mol. The van der Waals surface area contributed by atoms with Gasteiger partial charge in [-0.05, 0) is 11.5 Å². The first-order valence-corrected chi connectivity index (χ1v) is 4.54. The second-order valence-electron chi connectivity index (χ2n) is 2.83. The van der Waals surface area contributed by atoms with Gasteiger partial charge in [0.15, 0.2) is 0 Å². The van der Waals surface area contributed by atoms with Crippen molar-refractivity contribution in [1.82, 2.24) is 0 Å². The maximum atomic E-state index is 11.3. The van der Waals surface area contributed by atoms with E-state index in [0.717, 1.165) is 12.8 Å². The van der Waals surface area contributed by atoms with Gasteiger partial charge in [0.05, 0.1) is 0 Å². The Bertz CT molecular complexity index is 270. The third-order valence-electron chi connectivity index (χ3n) is 1.72. The molecule has 1 aromatic carbocycles. The van der Waals surface area contributed by atoms with Crippen molar-refractivity contribution in [2.45, 2.75) is 19.8 Å². The van der Waals surface area contributed by atoms with E-state index in [2.05, 4.69) is 12.0 Å². The molecule has 0 heterocycles. The van der Waals surface area contributed by atoms with Gasteiger partial charge in [-0.2, -0.15) is 0 Å². The van der Waals surface area contributed by atoms with E-state index in [-0.39, 0.29) is 0 Å². The topological polar surface area (TPSA) is 38.4 Å². The Morgan fingerprint density at radius 3 is 2.62 bits per heavy atom. The van der Waals surface area contributed by atoms with Gasteiger partial charge in [0, 0.05) is 12.1 Å². The van der Waals surface area contributed by atoms with Gasteiger partial charge in [0.1, 0.15) is 6.54 Å². The van der Waals surface area contributed by atoms with Crippen molar-refractivity contribution in [1.29, 1.82) is 0 Å². The van der Waals surface area contributed by atoms with Crippen molar-refractivity contribution in [3.05, 3.63) is 35.5 Å². The lowest BCUT2D eigenvalue weighted by molar-refractivity contribution is -0.442. The highest BCUT2D eigenvalue weighted by atomic mass is 16.5. The fourth-order valence-electron chi connectivity index (χ4n) is 0.957. The first-order valence-electron chi connectivity index (χ1n) is 4.54. The van der Waals surface area contributed by atoms with E-state index < -0.39 is 0 Å². The summed E-state index contributed by atoms with van der Waals surface area (Å²) in [5, 5.41) is 15.1. The quantitative estimate of drug-likeness (QED) is 0.302. The van der Waals surface area contributed by atoms with Crippen LogP contribution in [0.25, 0.3) is 0 Å². The van der Waals surface area contributed by atoms with Crippen LogP contribution in [0.5, 0.6) is 0 Å². The normalized spacial score (nSPS) is 11.6. The Kier molecular flexibility index (Phi) is 3.96. The van der Waals surface area contributed by atoms with Crippen molar-refractivity contribution in [2.24, 2.45) is 5.11 Å². The van der Waals surface area contributed by atoms with Gasteiger partial charge in [0.25, 0.3) is 0 Å². The molecule has 70 valence electrons. The molecule has 0 radical (unpaired) electrons. The van der Waals surface area contributed by atoms with E-state index in [1.165, 1.54) is 0 Å². The average Bonchev–Trinajstić information content (AvgIpc) is 2.19. The third-order valence-corrected chi connectivity index (χ3v) is 1.72. The summed E-state index contributed by atoms with van der Waals surface area (Å²) in [5.41, 5.74) is 0.596. The van der Waals surface area contributed by atoms with Crippen LogP contribution >= 0.6 is 0 Å². The molecular formula is C10H14N2O. The van der Waals surface area contributed by atoms with Crippen LogP contribution in [-0.4, -0.2) is 11.4 Å². The summed E-state index contributed by atoms with van der Waals surface area (Å²) in [6.45, 7) is 2.68. The predicted octanol–water partition coefficient (Wildman–Crippen LogP) is 3.08. The Morgan fingerprint density at radius 2 is 2.00 bits per heavy atom. The van der Waals surface area contributed by atoms with Crippen LogP contribution in [-0.2, 0) is 0 Å². The SMILES string of the molecule is CCCCN=[N+]([O-])c1ccccc1. The van der Waals surface area contributed by atoms with E-state index in [0.29, 0.717) is 17.1 Å². The highest BCUT2D eigenvalue weighted by Crippen LogP contribution is 2.09. The number of benzene rings is 1. The second-order valence-corrected chi connectivity index (χ2v) is 2.83. The number of para-hydroxylation sites is 1. The van der Waals surface area contributed by atoms with Crippen LogP contribution in [0.15, 0.2) is 35.4 Å². The zero-order valence-electron chi connectivity index (χ0n) is 7.81. The van der Waals surface area contributed by atoms with Gasteiger partial charge >= 0.3 is 0 Å². The molecule has 3 nitrogen and oxygen atoms in total. The fraction of sp³-hybridized carbons (Fsp3) is 0.400. The molecule has 0 bridgehead atoms. The average molecular weight is 178 g/mol. The van der Waals surface area contributed by atoms with Crippen LogP contribution in [0.3, 0.4) is 0 Å². The van der Waals surface area contributed by atoms with E-state index in [1.807, 2.05) is 18.2 Å². The van der Waals surface area contributed by atoms with E-state index in [9.17, 15) is 5.21 Å². The van der Waals surface area contributed by atoms with Crippen LogP contribution in [0.2, 0.25) is 0 Å². The van der Waals surface area contributed by atoms with Gasteiger partial charge < -0.3 is 5.21 Å². The molecule has 1 rings (SSSR count). The number of rotatable bonds is 4. The van der Waals surface area contributed by atoms with E-state index >= 15 is 0 Å². The molecule has 0 saturated carbocycles. The minimum atomic E-state index is 0.596. The van der Waals surface area contributed by atoms with Crippen LogP contribution in [0.1, 0.15) is 19.8 Å². The van der Waals surface area contributed by atoms with Gasteiger partial charge in [-0.15, -0.1) is 0 Å². The largest absolute Gasteiger partial charge is 0.594 e. The van der Waals surface area contributed by atoms with E-state index in [4.69, 9.17) is 0 Å². The summed E-state index contributed by atoms with van der Waals surface area (Å²) in [7, 11) is 0. The molecule has 3 heteroatoms. The lowest BCUT2D eigenvalue weighted by Crippen LogP contribution is -1.93. The van der Waals surface area contributed by atoms with Gasteiger partial charge in [-0.1, -0.05) is 36.4 Å². The molecule has 0 aliphatic heterocycles. The maximum Gasteiger partial charge on any atom is 0.244 e. The molecule has 0 unspecified atom stereocenters. The molecule has 0 N–H and O–H groups in total. The Balaban J connectivity index is 2.57. The van der Waals surface area contributed by atoms with Gasteiger partial charge in [-0.3, -0.25) is 0 Å². The number of azo groups is 1. The zero-order chi connectivity index (χ0) is 9.52. The Hall–Kier alpha value is -1.38. The molecule has 0 amide bonds. The fourth-order valence-corrected chi connectivity index (χ4v) is 0.957. The molecule has 0 spiro atoms. The number of nitrogens with zero attached hydrogens (tertiary/aromatic N) is 2. The van der Waals surface area contributed by atoms with E-state index in [1.54, 1.807) is 12.1 Å². The molecular weight excluding hydrogens is 164 g/mol. The molecule has 0 aliphatic carbocycles. The molecule has 0 aliphatic rings. The smallest absolute Gasteiger partial charge is 0.244 e. The summed E-state index contributed by atoms with van der Waals surface area (Å²) in [5.74, 6) is 0. The Morgan fingerprint density at radius 1 is 1.31 bits per heavy atom. The molecule has 0 aromatic heterocycles. The molecule has 0 atom stereocenters. The monoisotopic (exact) mass is 178 g/mol. The minimum absolute atomic E-state index is 0.596. The molecule has 1 aromatic rings. The first kappa shape index (κ1) is 9.71. The molecule has 0 saturated heterocycles. The van der Waals surface area contributed by atoms with Gasteiger partial charge in [0.2, 0.25) is 5.69 Å². The number of hydrogen-bond donors (Lipinski definition) is 0.